The second kappa shape index (κ2) is 4.06. The highest BCUT2D eigenvalue weighted by Crippen LogP contribution is 2.26. The van der Waals surface area contributed by atoms with Crippen LogP contribution in [0.2, 0.25) is 0 Å². The highest BCUT2D eigenvalue weighted by atomic mass is 32.1. The zero-order valence-corrected chi connectivity index (χ0v) is 8.86. The average Bonchev–Trinajstić information content (AvgIpc) is 2.69. The first-order valence-corrected chi connectivity index (χ1v) is 5.11. The Balaban J connectivity index is 2.32. The Hall–Kier alpha value is -0.940. The van der Waals surface area contributed by atoms with Gasteiger partial charge in [0.25, 0.3) is 0 Å². The predicted octanol–water partition coefficient (Wildman–Crippen LogP) is 2.03. The lowest BCUT2D eigenvalue weighted by molar-refractivity contribution is 0.105. The van der Waals surface area contributed by atoms with Crippen molar-refractivity contribution < 1.29 is 4.74 Å². The summed E-state index contributed by atoms with van der Waals surface area (Å²) in [6.45, 7) is 0.816. The molecule has 0 radical (unpaired) electrons. The molecular weight excluding hydrogens is 198 g/mol. The lowest BCUT2D eigenvalue weighted by Crippen LogP contribution is -2.05. The molecule has 4 nitrogen and oxygen atoms in total. The molecule has 1 atom stereocenters. The van der Waals surface area contributed by atoms with Gasteiger partial charge < -0.3 is 15.0 Å². The van der Waals surface area contributed by atoms with Gasteiger partial charge in [-0.3, -0.25) is 0 Å². The van der Waals surface area contributed by atoms with Crippen LogP contribution in [-0.2, 0) is 4.74 Å². The average molecular weight is 211 g/mol. The number of rotatable bonds is 2. The number of nitrogens with one attached hydrogen (secondary N) is 2. The van der Waals surface area contributed by atoms with E-state index < -0.39 is 0 Å². The summed E-state index contributed by atoms with van der Waals surface area (Å²) in [6, 6.07) is 1.80. The van der Waals surface area contributed by atoms with Gasteiger partial charge in [0, 0.05) is 19.7 Å². The molecule has 5 heteroatoms. The molecule has 0 aromatic carbocycles. The Morgan fingerprint density at radius 3 is 3.21 bits per heavy atom. The molecule has 1 aromatic rings. The number of H-pyrrole nitrogens is 1. The van der Waals surface area contributed by atoms with Crippen LogP contribution in [0.5, 0.6) is 0 Å². The molecule has 1 aromatic heterocycles. The fraction of sp³-hybridized carbons (Fsp3) is 0.556. The molecule has 1 aliphatic rings. The minimum Gasteiger partial charge on any atom is -0.375 e. The minimum absolute atomic E-state index is 0.0880. The van der Waals surface area contributed by atoms with Crippen LogP contribution in [0.15, 0.2) is 6.07 Å². The second-order valence-corrected chi connectivity index (χ2v) is 3.69. The van der Waals surface area contributed by atoms with Crippen molar-refractivity contribution in [3.63, 3.8) is 0 Å². The topological polar surface area (TPSA) is 49.9 Å². The normalized spacial score (nSPS) is 21.1. The summed E-state index contributed by atoms with van der Waals surface area (Å²) in [7, 11) is 1.85. The number of nitrogens with zero attached hydrogens (tertiary/aromatic N) is 1. The first kappa shape index (κ1) is 9.61. The van der Waals surface area contributed by atoms with E-state index in [-0.39, 0.29) is 6.10 Å². The standard InChI is InChI=1S/C9H13N3OS/c1-10-7-5-8(14)12-9(11-7)6-3-2-4-13-6/h5-6H,2-4H2,1H3,(H2,10,11,12,14). The zero-order chi connectivity index (χ0) is 9.97. The van der Waals surface area contributed by atoms with Crippen molar-refractivity contribution in [3.8, 4) is 0 Å². The molecule has 2 N–H and O–H groups in total. The molecule has 1 fully saturated rings. The van der Waals surface area contributed by atoms with E-state index in [1.54, 1.807) is 6.07 Å². The first-order valence-electron chi connectivity index (χ1n) is 4.70. The third kappa shape index (κ3) is 1.93. The summed E-state index contributed by atoms with van der Waals surface area (Å²) in [4.78, 5) is 7.42. The van der Waals surface area contributed by atoms with Crippen LogP contribution in [0.25, 0.3) is 0 Å². The number of hydrogen-bond acceptors (Lipinski definition) is 4. The number of hydrogen-bond donors (Lipinski definition) is 2. The largest absolute Gasteiger partial charge is 0.375 e. The zero-order valence-electron chi connectivity index (χ0n) is 8.04. The summed E-state index contributed by atoms with van der Waals surface area (Å²) < 4.78 is 6.12. The molecule has 0 bridgehead atoms. The van der Waals surface area contributed by atoms with Crippen molar-refractivity contribution in [1.82, 2.24) is 9.97 Å². The van der Waals surface area contributed by atoms with Crippen molar-refractivity contribution >= 4 is 18.0 Å². The number of aromatic nitrogens is 2. The first-order chi connectivity index (χ1) is 6.79. The van der Waals surface area contributed by atoms with Gasteiger partial charge in [0.15, 0.2) is 0 Å². The maximum Gasteiger partial charge on any atom is 0.138 e. The van der Waals surface area contributed by atoms with Crippen molar-refractivity contribution in [2.45, 2.75) is 18.9 Å². The smallest absolute Gasteiger partial charge is 0.138 e. The molecule has 2 rings (SSSR count). The Morgan fingerprint density at radius 1 is 1.71 bits per heavy atom. The Morgan fingerprint density at radius 2 is 2.57 bits per heavy atom. The Bertz CT molecular complexity index is 371. The monoisotopic (exact) mass is 211 g/mol. The van der Waals surface area contributed by atoms with Crippen molar-refractivity contribution in [2.24, 2.45) is 0 Å². The van der Waals surface area contributed by atoms with E-state index in [0.29, 0.717) is 4.64 Å². The van der Waals surface area contributed by atoms with Crippen LogP contribution in [0.3, 0.4) is 0 Å². The molecule has 76 valence electrons. The third-order valence-corrected chi connectivity index (χ3v) is 2.47. The van der Waals surface area contributed by atoms with E-state index >= 15 is 0 Å². The van der Waals surface area contributed by atoms with Gasteiger partial charge in [-0.1, -0.05) is 12.2 Å². The van der Waals surface area contributed by atoms with E-state index in [2.05, 4.69) is 15.3 Å². The lowest BCUT2D eigenvalue weighted by Gasteiger charge is -2.10. The van der Waals surface area contributed by atoms with Gasteiger partial charge in [0.2, 0.25) is 0 Å². The van der Waals surface area contributed by atoms with Gasteiger partial charge in [-0.2, -0.15) is 0 Å². The predicted molar refractivity (Wildman–Crippen MR) is 56.9 cm³/mol. The molecule has 0 spiro atoms. The van der Waals surface area contributed by atoms with Gasteiger partial charge in [0.1, 0.15) is 22.4 Å². The van der Waals surface area contributed by atoms with Crippen LogP contribution < -0.4 is 5.32 Å². The van der Waals surface area contributed by atoms with E-state index in [1.165, 1.54) is 0 Å². The Kier molecular flexibility index (Phi) is 2.79. The van der Waals surface area contributed by atoms with Crippen LogP contribution >= 0.6 is 12.2 Å². The maximum atomic E-state index is 5.53. The second-order valence-electron chi connectivity index (χ2n) is 3.27. The van der Waals surface area contributed by atoms with Crippen LogP contribution in [0, 0.1) is 4.64 Å². The molecule has 2 heterocycles. The fourth-order valence-corrected chi connectivity index (χ4v) is 1.77. The van der Waals surface area contributed by atoms with Gasteiger partial charge in [-0.25, -0.2) is 4.98 Å². The quantitative estimate of drug-likeness (QED) is 0.735. The number of anilines is 1. The minimum atomic E-state index is 0.0880. The summed E-state index contributed by atoms with van der Waals surface area (Å²) >= 11 is 5.06. The van der Waals surface area contributed by atoms with Gasteiger partial charge in [-0.15, -0.1) is 0 Å². The number of aromatic amines is 1. The summed E-state index contributed by atoms with van der Waals surface area (Å²) in [6.07, 6.45) is 2.20. The van der Waals surface area contributed by atoms with Gasteiger partial charge in [0.05, 0.1) is 0 Å². The van der Waals surface area contributed by atoms with E-state index in [1.807, 2.05) is 7.05 Å². The number of ether oxygens (including phenoxy) is 1. The van der Waals surface area contributed by atoms with E-state index in [4.69, 9.17) is 17.0 Å². The molecule has 0 amide bonds. The Labute approximate surface area is 87.7 Å². The third-order valence-electron chi connectivity index (χ3n) is 2.27. The molecule has 0 aliphatic carbocycles. The van der Waals surface area contributed by atoms with Crippen LogP contribution in [0.4, 0.5) is 5.82 Å². The molecular formula is C9H13N3OS. The summed E-state index contributed by atoms with van der Waals surface area (Å²) in [5, 5.41) is 3.01. The molecule has 1 aliphatic heterocycles. The molecule has 1 unspecified atom stereocenters. The van der Waals surface area contributed by atoms with E-state index in [0.717, 1.165) is 31.1 Å². The molecule has 0 saturated carbocycles. The summed E-state index contributed by atoms with van der Waals surface area (Å²) in [5.74, 6) is 1.72. The van der Waals surface area contributed by atoms with Crippen molar-refractivity contribution in [1.29, 1.82) is 0 Å². The molecule has 1 saturated heterocycles. The van der Waals surface area contributed by atoms with Crippen molar-refractivity contribution in [2.75, 3.05) is 19.0 Å². The van der Waals surface area contributed by atoms with E-state index in [9.17, 15) is 0 Å². The fourth-order valence-electron chi connectivity index (χ4n) is 1.56. The molecule has 14 heavy (non-hydrogen) atoms. The lowest BCUT2D eigenvalue weighted by atomic mass is 10.2. The van der Waals surface area contributed by atoms with Gasteiger partial charge in [-0.05, 0) is 12.8 Å². The van der Waals surface area contributed by atoms with Crippen LogP contribution in [0.1, 0.15) is 24.8 Å². The highest BCUT2D eigenvalue weighted by molar-refractivity contribution is 7.71. The van der Waals surface area contributed by atoms with Gasteiger partial charge >= 0.3 is 0 Å². The van der Waals surface area contributed by atoms with Crippen LogP contribution in [-0.4, -0.2) is 23.6 Å². The maximum absolute atomic E-state index is 5.53. The van der Waals surface area contributed by atoms with Crippen molar-refractivity contribution in [3.05, 3.63) is 16.5 Å². The summed E-state index contributed by atoms with van der Waals surface area (Å²) in [5.41, 5.74) is 0. The SMILES string of the molecule is CNc1cc(=S)nc(C2CCCO2)[nH]1. The highest BCUT2D eigenvalue weighted by Gasteiger charge is 2.19.